The number of hydrogen-bond donors (Lipinski definition) is 2. The predicted octanol–water partition coefficient (Wildman–Crippen LogP) is 1.89. The Hall–Kier alpha value is -1.91. The van der Waals surface area contributed by atoms with Crippen LogP contribution in [0.3, 0.4) is 0 Å². The Bertz CT molecular complexity index is 487. The van der Waals surface area contributed by atoms with Gasteiger partial charge in [-0.05, 0) is 44.4 Å². The van der Waals surface area contributed by atoms with Crippen molar-refractivity contribution >= 4 is 17.7 Å². The van der Waals surface area contributed by atoms with Gasteiger partial charge in [-0.25, -0.2) is 4.98 Å². The Morgan fingerprint density at radius 1 is 1.33 bits per heavy atom. The van der Waals surface area contributed by atoms with Crippen molar-refractivity contribution in [2.45, 2.75) is 33.1 Å². The minimum absolute atomic E-state index is 0.402. The van der Waals surface area contributed by atoms with Crippen molar-refractivity contribution < 1.29 is 14.7 Å². The average Bonchev–Trinajstić information content (AvgIpc) is 2.11. The summed E-state index contributed by atoms with van der Waals surface area (Å²) in [5.41, 5.74) is 0.526. The number of nitrogens with zero attached hydrogens (tertiary/aromatic N) is 1. The summed E-state index contributed by atoms with van der Waals surface area (Å²) in [6.07, 6.45) is 1.58. The third kappa shape index (κ3) is 2.08. The number of nitrogens with one attached hydrogen (secondary N) is 1. The molecule has 1 aliphatic carbocycles. The van der Waals surface area contributed by atoms with Crippen LogP contribution in [-0.2, 0) is 9.59 Å². The van der Waals surface area contributed by atoms with Crippen LogP contribution in [0.1, 0.15) is 30.5 Å². The predicted molar refractivity (Wildman–Crippen MR) is 66.3 cm³/mol. The minimum Gasteiger partial charge on any atom is -0.480 e. The molecule has 0 spiro atoms. The number of carboxylic acid groups (broad SMARTS) is 1. The van der Waals surface area contributed by atoms with Gasteiger partial charge in [0.25, 0.3) is 0 Å². The summed E-state index contributed by atoms with van der Waals surface area (Å²) in [6, 6.07) is 3.63. The van der Waals surface area contributed by atoms with Gasteiger partial charge >= 0.3 is 5.97 Å². The van der Waals surface area contributed by atoms with Crippen LogP contribution in [0.4, 0.5) is 5.82 Å². The smallest absolute Gasteiger partial charge is 0.319 e. The molecule has 0 aromatic carbocycles. The van der Waals surface area contributed by atoms with Crippen molar-refractivity contribution in [3.8, 4) is 0 Å². The Kier molecular flexibility index (Phi) is 3.07. The quantitative estimate of drug-likeness (QED) is 0.800. The average molecular weight is 248 g/mol. The second-order valence-corrected chi connectivity index (χ2v) is 4.87. The van der Waals surface area contributed by atoms with Gasteiger partial charge in [0.2, 0.25) is 5.91 Å². The van der Waals surface area contributed by atoms with Crippen LogP contribution >= 0.6 is 0 Å². The van der Waals surface area contributed by atoms with Crippen molar-refractivity contribution in [3.63, 3.8) is 0 Å². The number of carbonyl (C=O) groups is 2. The zero-order valence-electron chi connectivity index (χ0n) is 10.5. The standard InChI is InChI=1S/C13H16N2O3/c1-8-6-9(2)14-10(7-8)15-11(16)13(12(17)18)4-3-5-13/h6-7H,3-5H2,1-2H3,(H,17,18)(H,14,15,16). The molecule has 1 fully saturated rings. The first-order chi connectivity index (χ1) is 8.44. The highest BCUT2D eigenvalue weighted by Crippen LogP contribution is 2.42. The number of pyridine rings is 1. The molecule has 0 radical (unpaired) electrons. The number of amides is 1. The number of rotatable bonds is 3. The molecular formula is C13H16N2O3. The summed E-state index contributed by atoms with van der Waals surface area (Å²) in [7, 11) is 0. The van der Waals surface area contributed by atoms with Crippen LogP contribution in [0.5, 0.6) is 0 Å². The lowest BCUT2D eigenvalue weighted by molar-refractivity contribution is -0.159. The molecule has 1 amide bonds. The molecule has 1 aromatic heterocycles. The van der Waals surface area contributed by atoms with E-state index >= 15 is 0 Å². The van der Waals surface area contributed by atoms with E-state index in [0.717, 1.165) is 17.7 Å². The fraction of sp³-hybridized carbons (Fsp3) is 0.462. The van der Waals surface area contributed by atoms with Gasteiger partial charge in [-0.2, -0.15) is 0 Å². The van der Waals surface area contributed by atoms with E-state index in [1.54, 1.807) is 6.07 Å². The van der Waals surface area contributed by atoms with E-state index < -0.39 is 17.3 Å². The van der Waals surface area contributed by atoms with Crippen molar-refractivity contribution in [1.82, 2.24) is 4.98 Å². The van der Waals surface area contributed by atoms with Gasteiger partial charge in [0.1, 0.15) is 11.2 Å². The lowest BCUT2D eigenvalue weighted by atomic mass is 9.68. The maximum atomic E-state index is 12.0. The zero-order chi connectivity index (χ0) is 13.3. The molecule has 1 saturated carbocycles. The van der Waals surface area contributed by atoms with Gasteiger partial charge in [-0.3, -0.25) is 9.59 Å². The number of carboxylic acids is 1. The lowest BCUT2D eigenvalue weighted by Gasteiger charge is -2.35. The van der Waals surface area contributed by atoms with Crippen LogP contribution in [-0.4, -0.2) is 22.0 Å². The largest absolute Gasteiger partial charge is 0.480 e. The van der Waals surface area contributed by atoms with Crippen LogP contribution in [0.25, 0.3) is 0 Å². The fourth-order valence-corrected chi connectivity index (χ4v) is 2.21. The van der Waals surface area contributed by atoms with Crippen LogP contribution in [0, 0.1) is 19.3 Å². The molecule has 0 bridgehead atoms. The number of anilines is 1. The molecule has 18 heavy (non-hydrogen) atoms. The number of aliphatic carboxylic acids is 1. The summed E-state index contributed by atoms with van der Waals surface area (Å²) in [5, 5.41) is 11.8. The molecule has 5 nitrogen and oxygen atoms in total. The molecule has 2 rings (SSSR count). The van der Waals surface area contributed by atoms with Crippen LogP contribution in [0.15, 0.2) is 12.1 Å². The molecular weight excluding hydrogens is 232 g/mol. The van der Waals surface area contributed by atoms with Gasteiger partial charge in [0, 0.05) is 5.69 Å². The van der Waals surface area contributed by atoms with E-state index in [0.29, 0.717) is 18.7 Å². The summed E-state index contributed by atoms with van der Waals surface area (Å²) in [4.78, 5) is 27.4. The molecule has 2 N–H and O–H groups in total. The molecule has 96 valence electrons. The minimum atomic E-state index is -1.25. The number of aromatic nitrogens is 1. The topological polar surface area (TPSA) is 79.3 Å². The highest BCUT2D eigenvalue weighted by atomic mass is 16.4. The van der Waals surface area contributed by atoms with Crippen LogP contribution < -0.4 is 5.32 Å². The summed E-state index contributed by atoms with van der Waals surface area (Å²) >= 11 is 0. The number of carbonyl (C=O) groups excluding carboxylic acids is 1. The van der Waals surface area contributed by atoms with Gasteiger partial charge in [-0.1, -0.05) is 6.42 Å². The molecule has 1 aromatic rings. The zero-order valence-corrected chi connectivity index (χ0v) is 10.5. The second-order valence-electron chi connectivity index (χ2n) is 4.87. The Balaban J connectivity index is 2.18. The number of aryl methyl sites for hydroxylation is 2. The van der Waals surface area contributed by atoms with Crippen molar-refractivity contribution in [2.75, 3.05) is 5.32 Å². The molecule has 0 unspecified atom stereocenters. The van der Waals surface area contributed by atoms with E-state index in [2.05, 4.69) is 10.3 Å². The molecule has 0 aliphatic heterocycles. The summed E-state index contributed by atoms with van der Waals surface area (Å²) in [6.45, 7) is 3.74. The highest BCUT2D eigenvalue weighted by molar-refractivity contribution is 6.08. The second kappa shape index (κ2) is 4.40. The van der Waals surface area contributed by atoms with E-state index in [1.165, 1.54) is 0 Å². The van der Waals surface area contributed by atoms with Crippen molar-refractivity contribution in [3.05, 3.63) is 23.4 Å². The Labute approximate surface area is 105 Å². The Morgan fingerprint density at radius 2 is 2.00 bits per heavy atom. The van der Waals surface area contributed by atoms with Gasteiger partial charge in [0.15, 0.2) is 0 Å². The van der Waals surface area contributed by atoms with E-state index in [4.69, 9.17) is 5.11 Å². The van der Waals surface area contributed by atoms with Gasteiger partial charge in [-0.15, -0.1) is 0 Å². The summed E-state index contributed by atoms with van der Waals surface area (Å²) < 4.78 is 0. The van der Waals surface area contributed by atoms with Gasteiger partial charge in [0.05, 0.1) is 0 Å². The molecule has 0 atom stereocenters. The Morgan fingerprint density at radius 3 is 2.44 bits per heavy atom. The lowest BCUT2D eigenvalue weighted by Crippen LogP contribution is -2.48. The maximum absolute atomic E-state index is 12.0. The van der Waals surface area contributed by atoms with E-state index in [-0.39, 0.29) is 0 Å². The fourth-order valence-electron chi connectivity index (χ4n) is 2.21. The summed E-state index contributed by atoms with van der Waals surface area (Å²) in [5.74, 6) is -1.08. The first-order valence-corrected chi connectivity index (χ1v) is 5.94. The highest BCUT2D eigenvalue weighted by Gasteiger charge is 2.51. The first-order valence-electron chi connectivity index (χ1n) is 5.94. The third-order valence-corrected chi connectivity index (χ3v) is 3.39. The molecule has 5 heteroatoms. The van der Waals surface area contributed by atoms with E-state index in [9.17, 15) is 9.59 Å². The molecule has 1 aliphatic rings. The molecule has 0 saturated heterocycles. The SMILES string of the molecule is Cc1cc(C)nc(NC(=O)C2(C(=O)O)CCC2)c1. The van der Waals surface area contributed by atoms with Gasteiger partial charge < -0.3 is 10.4 Å². The van der Waals surface area contributed by atoms with E-state index in [1.807, 2.05) is 19.9 Å². The van der Waals surface area contributed by atoms with Crippen molar-refractivity contribution in [1.29, 1.82) is 0 Å². The third-order valence-electron chi connectivity index (χ3n) is 3.39. The monoisotopic (exact) mass is 248 g/mol. The number of hydrogen-bond acceptors (Lipinski definition) is 3. The molecule has 1 heterocycles. The first kappa shape index (κ1) is 12.5. The van der Waals surface area contributed by atoms with Crippen molar-refractivity contribution in [2.24, 2.45) is 5.41 Å². The maximum Gasteiger partial charge on any atom is 0.319 e. The van der Waals surface area contributed by atoms with Crippen LogP contribution in [0.2, 0.25) is 0 Å². The normalized spacial score (nSPS) is 16.8.